The van der Waals surface area contributed by atoms with Gasteiger partial charge < -0.3 is 9.80 Å². The summed E-state index contributed by atoms with van der Waals surface area (Å²) < 4.78 is 13.6. The lowest BCUT2D eigenvalue weighted by molar-refractivity contribution is -0.120. The minimum atomic E-state index is -0.379. The molecular weight excluding hydrogens is 417 g/mol. The van der Waals surface area contributed by atoms with E-state index in [1.165, 1.54) is 17.0 Å². The van der Waals surface area contributed by atoms with Crippen molar-refractivity contribution in [1.29, 1.82) is 0 Å². The van der Waals surface area contributed by atoms with Crippen LogP contribution in [0.2, 0.25) is 0 Å². The lowest BCUT2D eigenvalue weighted by Gasteiger charge is -2.36. The highest BCUT2D eigenvalue weighted by Gasteiger charge is 2.43. The highest BCUT2D eigenvalue weighted by atomic mass is 19.1. The quantitative estimate of drug-likeness (QED) is 0.648. The highest BCUT2D eigenvalue weighted by Crippen LogP contribution is 2.37. The summed E-state index contributed by atoms with van der Waals surface area (Å²) in [5, 5.41) is 0. The molecule has 0 aromatic heterocycles. The van der Waals surface area contributed by atoms with Gasteiger partial charge in [-0.25, -0.2) is 9.29 Å². The minimum absolute atomic E-state index is 0.0331. The number of rotatable bonds is 4. The van der Waals surface area contributed by atoms with Gasteiger partial charge in [0.15, 0.2) is 0 Å². The monoisotopic (exact) mass is 449 g/mol. The summed E-state index contributed by atoms with van der Waals surface area (Å²) in [6.45, 7) is 8.24. The van der Waals surface area contributed by atoms with Gasteiger partial charge in [0, 0.05) is 13.1 Å². The number of likely N-dealkylation sites (N-methyl/N-ethyl adjacent to an activating group) is 1. The minimum Gasteiger partial charge on any atom is -0.366 e. The SMILES string of the molecule is CN1CCC(N(C)C2=C(c3ccc(F)cc3)C(=O)N(c3ccc(C(C)(C)C)cc3)C2=O)CC1. The Morgan fingerprint density at radius 3 is 2.03 bits per heavy atom. The van der Waals surface area contributed by atoms with E-state index in [1.807, 2.05) is 36.2 Å². The van der Waals surface area contributed by atoms with Crippen molar-refractivity contribution in [2.24, 2.45) is 0 Å². The Bertz CT molecular complexity index is 1080. The van der Waals surface area contributed by atoms with Gasteiger partial charge in [-0.05, 0) is 73.8 Å². The van der Waals surface area contributed by atoms with Crippen molar-refractivity contribution in [3.05, 3.63) is 71.2 Å². The van der Waals surface area contributed by atoms with Gasteiger partial charge in [0.25, 0.3) is 11.8 Å². The topological polar surface area (TPSA) is 43.9 Å². The molecule has 0 aliphatic carbocycles. The molecule has 0 saturated carbocycles. The lowest BCUT2D eigenvalue weighted by Crippen LogP contribution is -2.43. The van der Waals surface area contributed by atoms with E-state index in [-0.39, 0.29) is 29.1 Å². The molecule has 0 atom stereocenters. The van der Waals surface area contributed by atoms with Gasteiger partial charge in [-0.1, -0.05) is 45.0 Å². The molecule has 2 heterocycles. The Morgan fingerprint density at radius 2 is 1.48 bits per heavy atom. The number of halogens is 1. The Labute approximate surface area is 195 Å². The zero-order valence-corrected chi connectivity index (χ0v) is 20.1. The van der Waals surface area contributed by atoms with E-state index < -0.39 is 0 Å². The third-order valence-electron chi connectivity index (χ3n) is 6.77. The summed E-state index contributed by atoms with van der Waals surface area (Å²) in [6.07, 6.45) is 1.82. The van der Waals surface area contributed by atoms with Gasteiger partial charge >= 0.3 is 0 Å². The molecule has 2 amide bonds. The maximum absolute atomic E-state index is 13.7. The van der Waals surface area contributed by atoms with E-state index in [9.17, 15) is 14.0 Å². The molecule has 0 spiro atoms. The molecule has 6 heteroatoms. The number of benzene rings is 2. The van der Waals surface area contributed by atoms with Crippen molar-refractivity contribution >= 4 is 23.1 Å². The number of amides is 2. The van der Waals surface area contributed by atoms with Crippen LogP contribution >= 0.6 is 0 Å². The van der Waals surface area contributed by atoms with Crippen LogP contribution in [0.5, 0.6) is 0 Å². The Morgan fingerprint density at radius 1 is 0.909 bits per heavy atom. The van der Waals surface area contributed by atoms with Gasteiger partial charge in [-0.15, -0.1) is 0 Å². The Kier molecular flexibility index (Phi) is 6.14. The molecule has 33 heavy (non-hydrogen) atoms. The van der Waals surface area contributed by atoms with Gasteiger partial charge in [0.05, 0.1) is 11.3 Å². The normalized spacial score (nSPS) is 18.4. The van der Waals surface area contributed by atoms with Crippen LogP contribution in [0.25, 0.3) is 5.57 Å². The average molecular weight is 450 g/mol. The molecule has 174 valence electrons. The predicted molar refractivity (Wildman–Crippen MR) is 129 cm³/mol. The van der Waals surface area contributed by atoms with Crippen molar-refractivity contribution in [1.82, 2.24) is 9.80 Å². The van der Waals surface area contributed by atoms with Crippen LogP contribution in [0, 0.1) is 5.82 Å². The molecule has 2 aliphatic rings. The molecule has 0 radical (unpaired) electrons. The number of nitrogens with zero attached hydrogens (tertiary/aromatic N) is 3. The molecule has 2 aromatic carbocycles. The summed E-state index contributed by atoms with van der Waals surface area (Å²) in [7, 11) is 3.99. The number of likely N-dealkylation sites (tertiary alicyclic amines) is 1. The summed E-state index contributed by atoms with van der Waals surface area (Å²) in [5.41, 5.74) is 2.92. The first-order chi connectivity index (χ1) is 15.6. The van der Waals surface area contributed by atoms with Gasteiger partial charge in [0.2, 0.25) is 0 Å². The van der Waals surface area contributed by atoms with E-state index in [2.05, 4.69) is 32.7 Å². The third-order valence-corrected chi connectivity index (χ3v) is 6.77. The second kappa shape index (κ2) is 8.75. The molecule has 5 nitrogen and oxygen atoms in total. The van der Waals surface area contributed by atoms with Crippen molar-refractivity contribution < 1.29 is 14.0 Å². The van der Waals surface area contributed by atoms with Crippen LogP contribution in [0.15, 0.2) is 54.2 Å². The molecular formula is C27H32FN3O2. The standard InChI is InChI=1S/C27H32FN3O2/c1-27(2,3)19-8-12-22(13-9-19)31-25(32)23(18-6-10-20(28)11-7-18)24(26(31)33)30(5)21-14-16-29(4)17-15-21/h6-13,21H,14-17H2,1-5H3. The van der Waals surface area contributed by atoms with Gasteiger partial charge in [-0.2, -0.15) is 0 Å². The van der Waals surface area contributed by atoms with Crippen LogP contribution in [0.1, 0.15) is 44.7 Å². The fraction of sp³-hybridized carbons (Fsp3) is 0.407. The van der Waals surface area contributed by atoms with Crippen LogP contribution in [-0.4, -0.2) is 54.8 Å². The summed E-state index contributed by atoms with van der Waals surface area (Å²) >= 11 is 0. The zero-order valence-electron chi connectivity index (χ0n) is 20.1. The van der Waals surface area contributed by atoms with Crippen molar-refractivity contribution in [3.8, 4) is 0 Å². The number of hydrogen-bond acceptors (Lipinski definition) is 4. The molecule has 1 fully saturated rings. The van der Waals surface area contributed by atoms with Crippen molar-refractivity contribution in [3.63, 3.8) is 0 Å². The zero-order chi connectivity index (χ0) is 23.9. The predicted octanol–water partition coefficient (Wildman–Crippen LogP) is 4.43. The second-order valence-electron chi connectivity index (χ2n) is 10.1. The average Bonchev–Trinajstić information content (AvgIpc) is 3.04. The highest BCUT2D eigenvalue weighted by molar-refractivity contribution is 6.45. The Hall–Kier alpha value is -2.99. The molecule has 0 N–H and O–H groups in total. The maximum atomic E-state index is 13.7. The number of hydrogen-bond donors (Lipinski definition) is 0. The molecule has 2 aromatic rings. The third kappa shape index (κ3) is 4.44. The molecule has 2 aliphatic heterocycles. The largest absolute Gasteiger partial charge is 0.366 e. The van der Waals surface area contributed by atoms with Crippen LogP contribution in [0.4, 0.5) is 10.1 Å². The molecule has 0 bridgehead atoms. The van der Waals surface area contributed by atoms with E-state index in [0.717, 1.165) is 31.5 Å². The van der Waals surface area contributed by atoms with E-state index in [1.54, 1.807) is 12.1 Å². The summed E-state index contributed by atoms with van der Waals surface area (Å²) in [4.78, 5) is 32.9. The summed E-state index contributed by atoms with van der Waals surface area (Å²) in [6, 6.07) is 13.6. The van der Waals surface area contributed by atoms with E-state index >= 15 is 0 Å². The fourth-order valence-electron chi connectivity index (χ4n) is 4.63. The number of carbonyl (C=O) groups excluding carboxylic acids is 2. The molecule has 1 saturated heterocycles. The van der Waals surface area contributed by atoms with Crippen LogP contribution in [-0.2, 0) is 15.0 Å². The number of imide groups is 1. The first kappa shape index (κ1) is 23.2. The molecule has 0 unspecified atom stereocenters. The van der Waals surface area contributed by atoms with E-state index in [0.29, 0.717) is 22.5 Å². The second-order valence-corrected chi connectivity index (χ2v) is 10.1. The Balaban J connectivity index is 1.75. The fourth-order valence-corrected chi connectivity index (χ4v) is 4.63. The van der Waals surface area contributed by atoms with E-state index in [4.69, 9.17) is 0 Å². The number of anilines is 1. The molecule has 4 rings (SSSR count). The summed E-state index contributed by atoms with van der Waals surface area (Å²) in [5.74, 6) is -1.08. The van der Waals surface area contributed by atoms with Crippen LogP contribution < -0.4 is 4.90 Å². The van der Waals surface area contributed by atoms with Gasteiger partial charge in [0.1, 0.15) is 11.5 Å². The lowest BCUT2D eigenvalue weighted by atomic mass is 9.87. The van der Waals surface area contributed by atoms with Gasteiger partial charge in [-0.3, -0.25) is 9.59 Å². The smallest absolute Gasteiger partial charge is 0.282 e. The van der Waals surface area contributed by atoms with Crippen molar-refractivity contribution in [2.75, 3.05) is 32.1 Å². The van der Waals surface area contributed by atoms with Crippen molar-refractivity contribution in [2.45, 2.75) is 45.1 Å². The first-order valence-corrected chi connectivity index (χ1v) is 11.5. The maximum Gasteiger partial charge on any atom is 0.282 e. The van der Waals surface area contributed by atoms with Crippen LogP contribution in [0.3, 0.4) is 0 Å². The first-order valence-electron chi connectivity index (χ1n) is 11.5. The number of carbonyl (C=O) groups is 2. The number of piperidine rings is 1.